The number of amides is 1. The number of benzene rings is 1. The van der Waals surface area contributed by atoms with Crippen LogP contribution in [0.2, 0.25) is 0 Å². The molecular weight excluding hydrogens is 326 g/mol. The maximum atomic E-state index is 12.6. The van der Waals surface area contributed by atoms with E-state index in [1.54, 1.807) is 0 Å². The summed E-state index contributed by atoms with van der Waals surface area (Å²) in [4.78, 5) is 16.5. The second-order valence-electron chi connectivity index (χ2n) is 6.19. The minimum atomic E-state index is -3.15. The van der Waals surface area contributed by atoms with Crippen LogP contribution in [-0.4, -0.2) is 74.0 Å². The molecule has 7 heteroatoms. The second kappa shape index (κ2) is 8.60. The fourth-order valence-corrected chi connectivity index (χ4v) is 3.78. The molecule has 1 fully saturated rings. The van der Waals surface area contributed by atoms with Gasteiger partial charge in [-0.05, 0) is 25.5 Å². The molecule has 0 aliphatic carbocycles. The van der Waals surface area contributed by atoms with Crippen molar-refractivity contribution >= 4 is 15.9 Å². The quantitative estimate of drug-likeness (QED) is 0.766. The molecule has 24 heavy (non-hydrogen) atoms. The Hall–Kier alpha value is -1.44. The Morgan fingerprint density at radius 2 is 1.83 bits per heavy atom. The topological polar surface area (TPSA) is 60.9 Å². The zero-order valence-electron chi connectivity index (χ0n) is 14.5. The molecule has 0 unspecified atom stereocenters. The van der Waals surface area contributed by atoms with Gasteiger partial charge in [-0.15, -0.1) is 0 Å². The molecule has 1 saturated heterocycles. The summed E-state index contributed by atoms with van der Waals surface area (Å²) in [5.41, 5.74) is 1.12. The largest absolute Gasteiger partial charge is 0.338 e. The fourth-order valence-electron chi connectivity index (χ4n) is 2.91. The SMILES string of the molecule is CCN(Cc1ccccc1)C(=O)CN1CCCN(S(C)(=O)=O)CC1. The van der Waals surface area contributed by atoms with Gasteiger partial charge in [-0.1, -0.05) is 30.3 Å². The van der Waals surface area contributed by atoms with Gasteiger partial charge in [0.2, 0.25) is 15.9 Å². The van der Waals surface area contributed by atoms with Crippen LogP contribution in [0.15, 0.2) is 30.3 Å². The first-order chi connectivity index (χ1) is 11.4. The standard InChI is InChI=1S/C17H27N3O3S/c1-3-19(14-16-8-5-4-6-9-16)17(21)15-18-10-7-11-20(13-12-18)24(2,22)23/h4-6,8-9H,3,7,10-15H2,1-2H3. The van der Waals surface area contributed by atoms with Crippen molar-refractivity contribution in [2.24, 2.45) is 0 Å². The molecule has 1 amide bonds. The van der Waals surface area contributed by atoms with Crippen molar-refractivity contribution < 1.29 is 13.2 Å². The minimum Gasteiger partial charge on any atom is -0.338 e. The highest BCUT2D eigenvalue weighted by Crippen LogP contribution is 2.09. The Labute approximate surface area is 145 Å². The second-order valence-corrected chi connectivity index (χ2v) is 8.17. The summed E-state index contributed by atoms with van der Waals surface area (Å²) < 4.78 is 24.8. The van der Waals surface area contributed by atoms with Gasteiger partial charge in [0.05, 0.1) is 12.8 Å². The summed E-state index contributed by atoms with van der Waals surface area (Å²) in [7, 11) is -3.15. The molecule has 0 N–H and O–H groups in total. The monoisotopic (exact) mass is 353 g/mol. The summed E-state index contributed by atoms with van der Waals surface area (Å²) in [6.45, 7) is 5.94. The minimum absolute atomic E-state index is 0.0918. The Kier molecular flexibility index (Phi) is 6.77. The Morgan fingerprint density at radius 1 is 1.12 bits per heavy atom. The zero-order chi connectivity index (χ0) is 17.6. The van der Waals surface area contributed by atoms with E-state index in [-0.39, 0.29) is 5.91 Å². The van der Waals surface area contributed by atoms with E-state index in [1.165, 1.54) is 10.6 Å². The first-order valence-electron chi connectivity index (χ1n) is 8.39. The number of carbonyl (C=O) groups is 1. The third kappa shape index (κ3) is 5.58. The molecule has 1 aromatic rings. The van der Waals surface area contributed by atoms with Crippen LogP contribution in [0.25, 0.3) is 0 Å². The van der Waals surface area contributed by atoms with E-state index >= 15 is 0 Å². The van der Waals surface area contributed by atoms with E-state index in [0.717, 1.165) is 18.5 Å². The lowest BCUT2D eigenvalue weighted by atomic mass is 10.2. The summed E-state index contributed by atoms with van der Waals surface area (Å²) in [6, 6.07) is 9.95. The molecular formula is C17H27N3O3S. The van der Waals surface area contributed by atoms with Crippen molar-refractivity contribution in [3.8, 4) is 0 Å². The van der Waals surface area contributed by atoms with Crippen LogP contribution in [0.4, 0.5) is 0 Å². The normalized spacial score (nSPS) is 17.4. The van der Waals surface area contributed by atoms with Crippen molar-refractivity contribution in [2.75, 3.05) is 45.5 Å². The first-order valence-corrected chi connectivity index (χ1v) is 10.2. The maximum Gasteiger partial charge on any atom is 0.237 e. The lowest BCUT2D eigenvalue weighted by molar-refractivity contribution is -0.132. The van der Waals surface area contributed by atoms with Crippen LogP contribution in [0, 0.1) is 0 Å². The van der Waals surface area contributed by atoms with Crippen LogP contribution in [0.5, 0.6) is 0 Å². The number of hydrogen-bond donors (Lipinski definition) is 0. The van der Waals surface area contributed by atoms with Gasteiger partial charge in [0.25, 0.3) is 0 Å². The molecule has 1 aliphatic heterocycles. The van der Waals surface area contributed by atoms with Crippen LogP contribution in [0.3, 0.4) is 0 Å². The molecule has 0 spiro atoms. The predicted molar refractivity (Wildman–Crippen MR) is 95.0 cm³/mol. The summed E-state index contributed by atoms with van der Waals surface area (Å²) in [5.74, 6) is 0.0918. The van der Waals surface area contributed by atoms with Crippen molar-refractivity contribution in [1.29, 1.82) is 0 Å². The first kappa shape index (κ1) is 18.9. The van der Waals surface area contributed by atoms with Gasteiger partial charge in [0.15, 0.2) is 0 Å². The average Bonchev–Trinajstić information content (AvgIpc) is 2.79. The number of sulfonamides is 1. The third-order valence-corrected chi connectivity index (χ3v) is 5.63. The molecule has 6 nitrogen and oxygen atoms in total. The predicted octanol–water partition coefficient (Wildman–Crippen LogP) is 1.00. The van der Waals surface area contributed by atoms with Crippen LogP contribution in [0.1, 0.15) is 18.9 Å². The number of nitrogens with zero attached hydrogens (tertiary/aromatic N) is 3. The number of carbonyl (C=O) groups excluding carboxylic acids is 1. The van der Waals surface area contributed by atoms with Gasteiger partial charge < -0.3 is 4.90 Å². The zero-order valence-corrected chi connectivity index (χ0v) is 15.3. The molecule has 134 valence electrons. The summed E-state index contributed by atoms with van der Waals surface area (Å²) >= 11 is 0. The maximum absolute atomic E-state index is 12.6. The number of likely N-dealkylation sites (N-methyl/N-ethyl adjacent to an activating group) is 1. The molecule has 0 radical (unpaired) electrons. The van der Waals surface area contributed by atoms with Gasteiger partial charge in [-0.3, -0.25) is 9.69 Å². The molecule has 1 aliphatic rings. The average molecular weight is 353 g/mol. The van der Waals surface area contributed by atoms with Crippen molar-refractivity contribution in [2.45, 2.75) is 19.9 Å². The smallest absolute Gasteiger partial charge is 0.237 e. The number of hydrogen-bond acceptors (Lipinski definition) is 4. The van der Waals surface area contributed by atoms with Gasteiger partial charge >= 0.3 is 0 Å². The molecule has 2 rings (SSSR count). The Morgan fingerprint density at radius 3 is 2.46 bits per heavy atom. The molecule has 0 atom stereocenters. The highest BCUT2D eigenvalue weighted by atomic mass is 32.2. The molecule has 1 heterocycles. The number of rotatable bonds is 6. The molecule has 0 aromatic heterocycles. The van der Waals surface area contributed by atoms with Crippen molar-refractivity contribution in [3.63, 3.8) is 0 Å². The van der Waals surface area contributed by atoms with Gasteiger partial charge in [-0.25, -0.2) is 12.7 Å². The summed E-state index contributed by atoms with van der Waals surface area (Å²) in [5, 5.41) is 0. The lowest BCUT2D eigenvalue weighted by Crippen LogP contribution is -2.41. The van der Waals surface area contributed by atoms with Crippen molar-refractivity contribution in [1.82, 2.24) is 14.1 Å². The van der Waals surface area contributed by atoms with Gasteiger partial charge in [0.1, 0.15) is 0 Å². The van der Waals surface area contributed by atoms with E-state index < -0.39 is 10.0 Å². The van der Waals surface area contributed by atoms with E-state index in [2.05, 4.69) is 4.90 Å². The van der Waals surface area contributed by atoms with Crippen LogP contribution >= 0.6 is 0 Å². The molecule has 0 bridgehead atoms. The van der Waals surface area contributed by atoms with Crippen LogP contribution in [-0.2, 0) is 21.4 Å². The highest BCUT2D eigenvalue weighted by Gasteiger charge is 2.23. The van der Waals surface area contributed by atoms with Crippen molar-refractivity contribution in [3.05, 3.63) is 35.9 Å². The highest BCUT2D eigenvalue weighted by molar-refractivity contribution is 7.88. The summed E-state index contributed by atoms with van der Waals surface area (Å²) in [6.07, 6.45) is 2.00. The Bertz CT molecular complexity index is 634. The van der Waals surface area contributed by atoms with E-state index in [0.29, 0.717) is 39.3 Å². The van der Waals surface area contributed by atoms with Gasteiger partial charge in [-0.2, -0.15) is 0 Å². The lowest BCUT2D eigenvalue weighted by Gasteiger charge is -2.26. The Balaban J connectivity index is 1.90. The van der Waals surface area contributed by atoms with E-state index in [4.69, 9.17) is 0 Å². The fraction of sp³-hybridized carbons (Fsp3) is 0.588. The van der Waals surface area contributed by atoms with Gasteiger partial charge in [0, 0.05) is 32.7 Å². The van der Waals surface area contributed by atoms with E-state index in [1.807, 2.05) is 42.2 Å². The molecule has 0 saturated carbocycles. The van der Waals surface area contributed by atoms with E-state index in [9.17, 15) is 13.2 Å². The third-order valence-electron chi connectivity index (χ3n) is 4.33. The molecule has 1 aromatic carbocycles. The van der Waals surface area contributed by atoms with Crippen LogP contribution < -0.4 is 0 Å².